The van der Waals surface area contributed by atoms with Crippen molar-refractivity contribution in [1.82, 2.24) is 15.0 Å². The van der Waals surface area contributed by atoms with Gasteiger partial charge in [0, 0.05) is 29.6 Å². The molecule has 2 aromatic carbocycles. The first-order chi connectivity index (χ1) is 14.5. The van der Waals surface area contributed by atoms with Crippen LogP contribution < -0.4 is 0 Å². The van der Waals surface area contributed by atoms with Crippen LogP contribution in [0.1, 0.15) is 55.8 Å². The highest BCUT2D eigenvalue weighted by atomic mass is 19.2. The van der Waals surface area contributed by atoms with Crippen LogP contribution in [0.3, 0.4) is 0 Å². The second kappa shape index (κ2) is 7.42. The molecular formula is C24H22F3N3. The van der Waals surface area contributed by atoms with Gasteiger partial charge >= 0.3 is 0 Å². The number of benzene rings is 2. The van der Waals surface area contributed by atoms with Gasteiger partial charge in [0.25, 0.3) is 0 Å². The van der Waals surface area contributed by atoms with Crippen LogP contribution in [0.15, 0.2) is 42.6 Å². The number of halogens is 3. The molecule has 154 valence electrons. The number of nitrogens with zero attached hydrogens (tertiary/aromatic N) is 2. The first-order valence-corrected chi connectivity index (χ1v) is 10.4. The molecule has 1 saturated carbocycles. The summed E-state index contributed by atoms with van der Waals surface area (Å²) in [6, 6.07) is 9.08. The third-order valence-corrected chi connectivity index (χ3v) is 6.63. The third kappa shape index (κ3) is 3.34. The zero-order valence-electron chi connectivity index (χ0n) is 16.6. The van der Waals surface area contributed by atoms with Crippen molar-refractivity contribution in [1.29, 1.82) is 0 Å². The van der Waals surface area contributed by atoms with Gasteiger partial charge in [0.05, 0.1) is 16.6 Å². The highest BCUT2D eigenvalue weighted by Crippen LogP contribution is 2.43. The van der Waals surface area contributed by atoms with Crippen LogP contribution in [0, 0.1) is 23.4 Å². The molecule has 0 saturated heterocycles. The molecule has 1 fully saturated rings. The summed E-state index contributed by atoms with van der Waals surface area (Å²) < 4.78 is 40.8. The normalized spacial score (nSPS) is 20.7. The van der Waals surface area contributed by atoms with Crippen molar-refractivity contribution >= 4 is 21.9 Å². The summed E-state index contributed by atoms with van der Waals surface area (Å²) >= 11 is 0. The fraction of sp³-hybridized carbons (Fsp3) is 0.333. The van der Waals surface area contributed by atoms with E-state index in [1.165, 1.54) is 17.7 Å². The minimum Gasteiger partial charge on any atom is -0.342 e. The molecule has 0 bridgehead atoms. The maximum atomic E-state index is 13.8. The maximum absolute atomic E-state index is 13.8. The fourth-order valence-corrected chi connectivity index (χ4v) is 4.89. The van der Waals surface area contributed by atoms with Crippen LogP contribution in [0.4, 0.5) is 13.2 Å². The SMILES string of the molecule is C[C@@H](c1nc2cc(F)c(F)cc2[nH]1)C1CCC(c2ccnc3ccc(F)cc23)CC1. The van der Waals surface area contributed by atoms with E-state index >= 15 is 0 Å². The lowest BCUT2D eigenvalue weighted by Crippen LogP contribution is -2.19. The van der Waals surface area contributed by atoms with E-state index in [-0.39, 0.29) is 11.7 Å². The van der Waals surface area contributed by atoms with E-state index in [0.717, 1.165) is 48.5 Å². The predicted octanol–water partition coefficient (Wildman–Crippen LogP) is 6.61. The van der Waals surface area contributed by atoms with Gasteiger partial charge in [-0.15, -0.1) is 0 Å². The number of rotatable bonds is 3. The third-order valence-electron chi connectivity index (χ3n) is 6.63. The van der Waals surface area contributed by atoms with Crippen LogP contribution in [0.2, 0.25) is 0 Å². The molecule has 1 atom stereocenters. The summed E-state index contributed by atoms with van der Waals surface area (Å²) in [6.07, 6.45) is 5.86. The number of aromatic nitrogens is 3. The molecule has 0 spiro atoms. The molecular weight excluding hydrogens is 387 g/mol. The average molecular weight is 409 g/mol. The lowest BCUT2D eigenvalue weighted by Gasteiger charge is -2.32. The van der Waals surface area contributed by atoms with Crippen LogP contribution in [0.5, 0.6) is 0 Å². The summed E-state index contributed by atoms with van der Waals surface area (Å²) in [6.45, 7) is 2.12. The number of fused-ring (bicyclic) bond motifs is 2. The molecule has 0 unspecified atom stereocenters. The lowest BCUT2D eigenvalue weighted by molar-refractivity contribution is 0.286. The monoisotopic (exact) mass is 409 g/mol. The average Bonchev–Trinajstić information content (AvgIpc) is 3.16. The lowest BCUT2D eigenvalue weighted by atomic mass is 9.73. The standard InChI is InChI=1S/C24H22F3N3/c1-13(24-29-22-11-19(26)20(27)12-23(22)30-24)14-2-4-15(5-3-14)17-8-9-28-21-7-6-16(25)10-18(17)21/h6-15H,2-5H2,1H3,(H,29,30)/t13-,14?,15?/m1/s1. The van der Waals surface area contributed by atoms with Crippen molar-refractivity contribution in [3.63, 3.8) is 0 Å². The smallest absolute Gasteiger partial charge is 0.161 e. The van der Waals surface area contributed by atoms with Crippen molar-refractivity contribution in [2.24, 2.45) is 5.92 Å². The van der Waals surface area contributed by atoms with Crippen LogP contribution in [-0.2, 0) is 0 Å². The number of H-pyrrole nitrogens is 1. The summed E-state index contributed by atoms with van der Waals surface area (Å²) in [5.74, 6) is -0.245. The van der Waals surface area contributed by atoms with Gasteiger partial charge in [-0.2, -0.15) is 0 Å². The van der Waals surface area contributed by atoms with Gasteiger partial charge < -0.3 is 4.98 Å². The molecule has 30 heavy (non-hydrogen) atoms. The molecule has 3 nitrogen and oxygen atoms in total. The Balaban J connectivity index is 1.34. The largest absolute Gasteiger partial charge is 0.342 e. The molecule has 0 aliphatic heterocycles. The minimum absolute atomic E-state index is 0.163. The highest BCUT2D eigenvalue weighted by Gasteiger charge is 2.29. The Morgan fingerprint density at radius 1 is 0.933 bits per heavy atom. The van der Waals surface area contributed by atoms with Crippen molar-refractivity contribution in [2.75, 3.05) is 0 Å². The number of hydrogen-bond acceptors (Lipinski definition) is 2. The maximum Gasteiger partial charge on any atom is 0.161 e. The van der Waals surface area contributed by atoms with E-state index in [0.29, 0.717) is 22.9 Å². The zero-order chi connectivity index (χ0) is 20.8. The van der Waals surface area contributed by atoms with Crippen molar-refractivity contribution < 1.29 is 13.2 Å². The number of hydrogen-bond donors (Lipinski definition) is 1. The molecule has 4 aromatic rings. The van der Waals surface area contributed by atoms with E-state index in [2.05, 4.69) is 21.9 Å². The van der Waals surface area contributed by atoms with Gasteiger partial charge in [-0.3, -0.25) is 4.98 Å². The van der Waals surface area contributed by atoms with Crippen LogP contribution in [-0.4, -0.2) is 15.0 Å². The van der Waals surface area contributed by atoms with Crippen molar-refractivity contribution in [3.8, 4) is 0 Å². The molecule has 2 aromatic heterocycles. The van der Waals surface area contributed by atoms with E-state index < -0.39 is 11.6 Å². The van der Waals surface area contributed by atoms with Crippen molar-refractivity contribution in [3.05, 3.63) is 71.4 Å². The predicted molar refractivity (Wildman–Crippen MR) is 111 cm³/mol. The van der Waals surface area contributed by atoms with Gasteiger partial charge in [0.15, 0.2) is 11.6 Å². The van der Waals surface area contributed by atoms with Crippen LogP contribution >= 0.6 is 0 Å². The minimum atomic E-state index is -0.880. The quantitative estimate of drug-likeness (QED) is 0.414. The van der Waals surface area contributed by atoms with Gasteiger partial charge in [-0.25, -0.2) is 18.2 Å². The Morgan fingerprint density at radius 3 is 2.50 bits per heavy atom. The Kier molecular flexibility index (Phi) is 4.72. The molecule has 5 rings (SSSR count). The van der Waals surface area contributed by atoms with E-state index in [1.807, 2.05) is 6.07 Å². The van der Waals surface area contributed by atoms with E-state index in [1.54, 1.807) is 18.3 Å². The number of imidazole rings is 1. The number of aromatic amines is 1. The fourth-order valence-electron chi connectivity index (χ4n) is 4.89. The first kappa shape index (κ1) is 19.1. The highest BCUT2D eigenvalue weighted by molar-refractivity contribution is 5.82. The number of nitrogens with one attached hydrogen (secondary N) is 1. The summed E-state index contributed by atoms with van der Waals surface area (Å²) in [4.78, 5) is 12.0. The Bertz CT molecular complexity index is 1190. The Hall–Kier alpha value is -2.89. The molecule has 1 N–H and O–H groups in total. The second-order valence-corrected chi connectivity index (χ2v) is 8.37. The molecule has 0 radical (unpaired) electrons. The first-order valence-electron chi connectivity index (χ1n) is 10.4. The molecule has 0 amide bonds. The van der Waals surface area contributed by atoms with Gasteiger partial charge in [0.1, 0.15) is 11.6 Å². The van der Waals surface area contributed by atoms with Gasteiger partial charge in [-0.1, -0.05) is 6.92 Å². The van der Waals surface area contributed by atoms with E-state index in [9.17, 15) is 13.2 Å². The summed E-state index contributed by atoms with van der Waals surface area (Å²) in [7, 11) is 0. The zero-order valence-corrected chi connectivity index (χ0v) is 16.6. The summed E-state index contributed by atoms with van der Waals surface area (Å²) in [5, 5.41) is 0.898. The molecule has 6 heteroatoms. The Morgan fingerprint density at radius 2 is 1.70 bits per heavy atom. The van der Waals surface area contributed by atoms with Crippen LogP contribution in [0.25, 0.3) is 21.9 Å². The second-order valence-electron chi connectivity index (χ2n) is 8.37. The summed E-state index contributed by atoms with van der Waals surface area (Å²) in [5.41, 5.74) is 2.97. The van der Waals surface area contributed by atoms with E-state index in [4.69, 9.17) is 0 Å². The van der Waals surface area contributed by atoms with Gasteiger partial charge in [0.2, 0.25) is 0 Å². The molecule has 2 heterocycles. The topological polar surface area (TPSA) is 41.6 Å². The Labute approximate surface area is 172 Å². The van der Waals surface area contributed by atoms with Gasteiger partial charge in [-0.05, 0) is 67.3 Å². The molecule has 1 aliphatic rings. The number of pyridine rings is 1. The van der Waals surface area contributed by atoms with Crippen molar-refractivity contribution in [2.45, 2.75) is 44.4 Å². The molecule has 1 aliphatic carbocycles.